The third-order valence-electron chi connectivity index (χ3n) is 6.97. The molecule has 4 aliphatic carbocycles. The van der Waals surface area contributed by atoms with Gasteiger partial charge in [-0.25, -0.2) is 0 Å². The monoisotopic (exact) mass is 306 g/mol. The van der Waals surface area contributed by atoms with E-state index in [9.17, 15) is 0 Å². The Labute approximate surface area is 136 Å². The maximum absolute atomic E-state index is 5.63. The van der Waals surface area contributed by atoms with Gasteiger partial charge in [0.15, 0.2) is 0 Å². The topological polar surface area (TPSA) is 33.3 Å². The molecule has 4 bridgehead atoms. The van der Waals surface area contributed by atoms with E-state index >= 15 is 0 Å². The predicted molar refractivity (Wildman–Crippen MR) is 90.9 cm³/mol. The minimum atomic E-state index is 0.0972. The first-order valence-electron chi connectivity index (χ1n) is 9.04. The summed E-state index contributed by atoms with van der Waals surface area (Å²) in [6.45, 7) is 0. The fourth-order valence-electron chi connectivity index (χ4n) is 6.15. The zero-order chi connectivity index (χ0) is 15.0. The first-order chi connectivity index (χ1) is 11.3. The van der Waals surface area contributed by atoms with Crippen molar-refractivity contribution in [3.8, 4) is 5.75 Å². The maximum atomic E-state index is 5.63. The number of anilines is 1. The van der Waals surface area contributed by atoms with Crippen LogP contribution in [0, 0.1) is 23.7 Å². The average molecular weight is 306 g/mol. The minimum absolute atomic E-state index is 0.0972. The van der Waals surface area contributed by atoms with Gasteiger partial charge in [0.05, 0.1) is 6.26 Å². The highest BCUT2D eigenvalue weighted by atomic mass is 16.5. The van der Waals surface area contributed by atoms with Crippen LogP contribution in [0.1, 0.15) is 32.1 Å². The highest BCUT2D eigenvalue weighted by Crippen LogP contribution is 2.58. The molecule has 0 radical (unpaired) electrons. The lowest BCUT2D eigenvalue weighted by Crippen LogP contribution is -2.69. The lowest BCUT2D eigenvalue weighted by molar-refractivity contribution is -0.0527. The second kappa shape index (κ2) is 4.14. The lowest BCUT2D eigenvalue weighted by atomic mass is 9.51. The molecule has 1 aromatic carbocycles. The Morgan fingerprint density at radius 3 is 2.52 bits per heavy atom. The standard InChI is InChI=1S/C20H22N2O/c1-2-14-9-18-15(10-19(14)23-3-1)11-21-20(22-18)16-5-12-4-13(7-16)8-17(20)6-12/h1-3,9-13,16-17,21-22H,4-8H2. The van der Waals surface area contributed by atoms with Gasteiger partial charge in [0.25, 0.3) is 0 Å². The number of rotatable bonds is 0. The Balaban J connectivity index is 1.46. The van der Waals surface area contributed by atoms with E-state index in [1.54, 1.807) is 6.26 Å². The fourth-order valence-corrected chi connectivity index (χ4v) is 6.15. The summed E-state index contributed by atoms with van der Waals surface area (Å²) in [7, 11) is 0. The summed E-state index contributed by atoms with van der Waals surface area (Å²) in [5, 5.41) is 10.2. The first-order valence-corrected chi connectivity index (χ1v) is 9.04. The highest BCUT2D eigenvalue weighted by molar-refractivity contribution is 5.60. The Kier molecular flexibility index (Phi) is 2.25. The van der Waals surface area contributed by atoms with Crippen molar-refractivity contribution in [2.75, 3.05) is 5.32 Å². The molecular formula is C20H22N2O. The molecule has 0 amide bonds. The van der Waals surface area contributed by atoms with E-state index in [1.807, 2.05) is 6.08 Å². The quantitative estimate of drug-likeness (QED) is 0.771. The molecule has 4 fully saturated rings. The molecule has 7 rings (SSSR count). The van der Waals surface area contributed by atoms with E-state index in [-0.39, 0.29) is 5.66 Å². The third kappa shape index (κ3) is 1.60. The Bertz CT molecular complexity index is 810. The van der Waals surface area contributed by atoms with E-state index in [0.717, 1.165) is 29.4 Å². The van der Waals surface area contributed by atoms with Crippen LogP contribution in [0.5, 0.6) is 5.75 Å². The number of fused-ring (bicyclic) bond motifs is 2. The third-order valence-corrected chi connectivity index (χ3v) is 6.97. The molecule has 0 unspecified atom stereocenters. The zero-order valence-electron chi connectivity index (χ0n) is 13.2. The second-order valence-corrected chi connectivity index (χ2v) is 8.18. The molecule has 4 saturated carbocycles. The Morgan fingerprint density at radius 1 is 0.957 bits per heavy atom. The molecule has 2 heterocycles. The van der Waals surface area contributed by atoms with Crippen LogP contribution in [-0.2, 0) is 0 Å². The molecule has 0 atom stereocenters. The number of allylic oxidation sites excluding steroid dienone is 1. The van der Waals surface area contributed by atoms with Gasteiger partial charge in [-0.1, -0.05) is 0 Å². The van der Waals surface area contributed by atoms with Crippen LogP contribution >= 0.6 is 0 Å². The summed E-state index contributed by atoms with van der Waals surface area (Å²) in [4.78, 5) is 0. The molecule has 0 aromatic heterocycles. The fraction of sp³-hybridized carbons (Fsp3) is 0.500. The van der Waals surface area contributed by atoms with Crippen molar-refractivity contribution in [2.45, 2.75) is 37.8 Å². The number of hydrogen-bond donors (Lipinski definition) is 2. The van der Waals surface area contributed by atoms with Crippen molar-refractivity contribution in [2.24, 2.45) is 23.7 Å². The first kappa shape index (κ1) is 12.5. The summed E-state index contributed by atoms with van der Waals surface area (Å²) in [5.41, 5.74) is 1.37. The molecule has 1 aromatic rings. The molecule has 2 aliphatic heterocycles. The van der Waals surface area contributed by atoms with Crippen LogP contribution in [0.15, 0.2) is 24.5 Å². The molecule has 0 saturated heterocycles. The van der Waals surface area contributed by atoms with Crippen LogP contribution in [0.2, 0.25) is 0 Å². The minimum Gasteiger partial charge on any atom is -0.464 e. The van der Waals surface area contributed by atoms with Gasteiger partial charge in [-0.2, -0.15) is 0 Å². The van der Waals surface area contributed by atoms with Crippen LogP contribution in [0.3, 0.4) is 0 Å². The van der Waals surface area contributed by atoms with Gasteiger partial charge < -0.3 is 15.4 Å². The van der Waals surface area contributed by atoms with Crippen LogP contribution in [0.4, 0.5) is 5.69 Å². The highest BCUT2D eigenvalue weighted by Gasteiger charge is 2.57. The maximum Gasteiger partial charge on any atom is 0.134 e. The van der Waals surface area contributed by atoms with E-state index < -0.39 is 0 Å². The van der Waals surface area contributed by atoms with Crippen molar-refractivity contribution in [1.29, 1.82) is 0 Å². The van der Waals surface area contributed by atoms with Crippen molar-refractivity contribution >= 4 is 18.0 Å². The van der Waals surface area contributed by atoms with Crippen molar-refractivity contribution in [3.63, 3.8) is 0 Å². The van der Waals surface area contributed by atoms with Gasteiger partial charge in [0, 0.05) is 34.2 Å². The van der Waals surface area contributed by atoms with E-state index in [2.05, 4.69) is 35.0 Å². The number of hydrogen-bond acceptors (Lipinski definition) is 3. The van der Waals surface area contributed by atoms with E-state index in [1.165, 1.54) is 48.2 Å². The molecule has 3 nitrogen and oxygen atoms in total. The smallest absolute Gasteiger partial charge is 0.134 e. The van der Waals surface area contributed by atoms with Gasteiger partial charge in [-0.15, -0.1) is 0 Å². The van der Waals surface area contributed by atoms with Crippen molar-refractivity contribution in [3.05, 3.63) is 34.9 Å². The van der Waals surface area contributed by atoms with Crippen LogP contribution in [0.25, 0.3) is 12.3 Å². The predicted octanol–water partition coefficient (Wildman–Crippen LogP) is 2.28. The van der Waals surface area contributed by atoms with Gasteiger partial charge in [0.2, 0.25) is 0 Å². The molecule has 23 heavy (non-hydrogen) atoms. The van der Waals surface area contributed by atoms with Crippen molar-refractivity contribution in [1.82, 2.24) is 5.32 Å². The normalized spacial score (nSPS) is 41.0. The summed E-state index contributed by atoms with van der Waals surface area (Å²) >= 11 is 0. The molecule has 3 heteroatoms. The lowest BCUT2D eigenvalue weighted by Gasteiger charge is -2.62. The summed E-state index contributed by atoms with van der Waals surface area (Å²) in [5.74, 6) is 4.48. The SMILES string of the molecule is C1=COc2cc3c(cc2=C1)NC1(NC=3)C2CC3CC(C2)CC1C3. The van der Waals surface area contributed by atoms with E-state index in [0.29, 0.717) is 0 Å². The van der Waals surface area contributed by atoms with Crippen LogP contribution in [-0.4, -0.2) is 5.66 Å². The summed E-state index contributed by atoms with van der Waals surface area (Å²) < 4.78 is 5.63. The van der Waals surface area contributed by atoms with Crippen LogP contribution < -0.4 is 25.8 Å². The summed E-state index contributed by atoms with van der Waals surface area (Å²) in [6, 6.07) is 4.41. The Morgan fingerprint density at radius 2 is 1.74 bits per heavy atom. The summed E-state index contributed by atoms with van der Waals surface area (Å²) in [6.07, 6.45) is 15.2. The van der Waals surface area contributed by atoms with Gasteiger partial charge in [0.1, 0.15) is 11.4 Å². The van der Waals surface area contributed by atoms with Crippen molar-refractivity contribution < 1.29 is 4.74 Å². The molecule has 118 valence electrons. The molecular weight excluding hydrogens is 284 g/mol. The van der Waals surface area contributed by atoms with Gasteiger partial charge in [-0.05, 0) is 68.2 Å². The second-order valence-electron chi connectivity index (χ2n) is 8.18. The average Bonchev–Trinajstić information content (AvgIpc) is 2.57. The molecule has 2 N–H and O–H groups in total. The van der Waals surface area contributed by atoms with Gasteiger partial charge >= 0.3 is 0 Å². The zero-order valence-corrected chi connectivity index (χ0v) is 13.2. The Hall–Kier alpha value is -1.90. The molecule has 6 aliphatic rings. The van der Waals surface area contributed by atoms with E-state index in [4.69, 9.17) is 4.74 Å². The largest absolute Gasteiger partial charge is 0.464 e. The number of ether oxygens (including phenoxy) is 1. The molecule has 1 spiro atoms. The number of nitrogens with one attached hydrogen (secondary N) is 2. The number of benzene rings is 1. The van der Waals surface area contributed by atoms with Gasteiger partial charge in [-0.3, -0.25) is 0 Å².